The third kappa shape index (κ3) is 1.23. The van der Waals surface area contributed by atoms with Crippen molar-refractivity contribution in [2.24, 2.45) is 4.99 Å². The molecule has 3 rings (SSSR count). The first-order valence-corrected chi connectivity index (χ1v) is 4.74. The molecule has 4 nitrogen and oxygen atoms in total. The molecule has 1 N–H and O–H groups in total. The van der Waals surface area contributed by atoms with Crippen LogP contribution < -0.4 is 10.1 Å². The molecule has 0 saturated heterocycles. The van der Waals surface area contributed by atoms with Gasteiger partial charge in [0.15, 0.2) is 0 Å². The van der Waals surface area contributed by atoms with Crippen LogP contribution in [0.1, 0.15) is 18.5 Å². The van der Waals surface area contributed by atoms with Crippen molar-refractivity contribution in [2.45, 2.75) is 25.4 Å². The van der Waals surface area contributed by atoms with Gasteiger partial charge >= 0.3 is 0 Å². The number of aromatic nitrogens is 1. The van der Waals surface area contributed by atoms with E-state index in [2.05, 4.69) is 15.3 Å². The second-order valence-corrected chi connectivity index (χ2v) is 3.81. The summed E-state index contributed by atoms with van der Waals surface area (Å²) in [5.74, 6) is 0.734. The molecule has 14 heavy (non-hydrogen) atoms. The lowest BCUT2D eigenvalue weighted by Gasteiger charge is -2.25. The predicted octanol–water partition coefficient (Wildman–Crippen LogP) is 1.22. The topological polar surface area (TPSA) is 46.5 Å². The molecule has 72 valence electrons. The van der Waals surface area contributed by atoms with Crippen molar-refractivity contribution < 1.29 is 4.74 Å². The second kappa shape index (κ2) is 2.47. The van der Waals surface area contributed by atoms with E-state index in [0.717, 1.165) is 24.3 Å². The number of pyridine rings is 1. The third-order valence-corrected chi connectivity index (χ3v) is 2.48. The van der Waals surface area contributed by atoms with Gasteiger partial charge in [-0.15, -0.1) is 0 Å². The number of nitrogens with zero attached hydrogens (tertiary/aromatic N) is 2. The SMILES string of the molecule is Cc1ccc(OC2=NC3(CC3)N2)cn1. The van der Waals surface area contributed by atoms with Gasteiger partial charge in [0.1, 0.15) is 11.4 Å². The zero-order valence-corrected chi connectivity index (χ0v) is 7.95. The van der Waals surface area contributed by atoms with Crippen LogP contribution in [0.5, 0.6) is 5.75 Å². The van der Waals surface area contributed by atoms with Crippen molar-refractivity contribution in [2.75, 3.05) is 0 Å². The molecule has 4 heteroatoms. The molecule has 1 spiro atoms. The first-order valence-electron chi connectivity index (χ1n) is 4.74. The molecule has 1 aliphatic carbocycles. The smallest absolute Gasteiger partial charge is 0.294 e. The van der Waals surface area contributed by atoms with Gasteiger partial charge in [-0.2, -0.15) is 0 Å². The standard InChI is InChI=1S/C10H11N3O/c1-7-2-3-8(6-11-7)14-9-12-10(13-9)4-5-10/h2-3,6H,4-5H2,1H3,(H,12,13). The summed E-state index contributed by atoms with van der Waals surface area (Å²) >= 11 is 0. The summed E-state index contributed by atoms with van der Waals surface area (Å²) in [6.45, 7) is 1.95. The molecule has 0 bridgehead atoms. The average molecular weight is 189 g/mol. The van der Waals surface area contributed by atoms with E-state index in [0.29, 0.717) is 6.02 Å². The van der Waals surface area contributed by atoms with Crippen LogP contribution in [0, 0.1) is 6.92 Å². The Labute approximate surface area is 82.0 Å². The van der Waals surface area contributed by atoms with E-state index >= 15 is 0 Å². The van der Waals surface area contributed by atoms with Crippen LogP contribution in [0.25, 0.3) is 0 Å². The number of aryl methyl sites for hydroxylation is 1. The Morgan fingerprint density at radius 3 is 2.79 bits per heavy atom. The molecule has 1 aromatic rings. The van der Waals surface area contributed by atoms with Crippen molar-refractivity contribution in [1.82, 2.24) is 10.3 Å². The van der Waals surface area contributed by atoms with Gasteiger partial charge in [-0.1, -0.05) is 0 Å². The molecule has 1 aliphatic heterocycles. The predicted molar refractivity (Wildman–Crippen MR) is 52.1 cm³/mol. The minimum Gasteiger partial charge on any atom is -0.424 e. The molecule has 2 heterocycles. The molecule has 0 unspecified atom stereocenters. The van der Waals surface area contributed by atoms with Gasteiger partial charge in [0.2, 0.25) is 0 Å². The van der Waals surface area contributed by atoms with Gasteiger partial charge in [0, 0.05) is 5.69 Å². The van der Waals surface area contributed by atoms with Crippen molar-refractivity contribution in [3.8, 4) is 5.75 Å². The second-order valence-electron chi connectivity index (χ2n) is 3.81. The highest BCUT2D eigenvalue weighted by Gasteiger charge is 2.50. The number of hydrogen-bond donors (Lipinski definition) is 1. The van der Waals surface area contributed by atoms with Gasteiger partial charge in [-0.05, 0) is 31.9 Å². The molecule has 1 aromatic heterocycles. The van der Waals surface area contributed by atoms with E-state index in [1.165, 1.54) is 0 Å². The summed E-state index contributed by atoms with van der Waals surface area (Å²) in [6.07, 6.45) is 3.97. The molecule has 0 aromatic carbocycles. The van der Waals surface area contributed by atoms with E-state index in [1.54, 1.807) is 6.20 Å². The van der Waals surface area contributed by atoms with Crippen LogP contribution in [0.4, 0.5) is 0 Å². The first-order chi connectivity index (χ1) is 6.76. The fourth-order valence-corrected chi connectivity index (χ4v) is 1.43. The number of hydrogen-bond acceptors (Lipinski definition) is 4. The largest absolute Gasteiger partial charge is 0.424 e. The Morgan fingerprint density at radius 1 is 1.43 bits per heavy atom. The van der Waals surface area contributed by atoms with Gasteiger partial charge < -0.3 is 10.1 Å². The van der Waals surface area contributed by atoms with Crippen LogP contribution in [-0.2, 0) is 0 Å². The summed E-state index contributed by atoms with van der Waals surface area (Å²) in [4.78, 5) is 8.47. The van der Waals surface area contributed by atoms with E-state index in [1.807, 2.05) is 19.1 Å². The number of aliphatic imine (C=N–C) groups is 1. The van der Waals surface area contributed by atoms with Gasteiger partial charge in [0.25, 0.3) is 6.02 Å². The van der Waals surface area contributed by atoms with Crippen LogP contribution in [-0.4, -0.2) is 16.7 Å². The van der Waals surface area contributed by atoms with Crippen molar-refractivity contribution >= 4 is 6.02 Å². The summed E-state index contributed by atoms with van der Waals surface area (Å²) in [5.41, 5.74) is 1.05. The fraction of sp³-hybridized carbons (Fsp3) is 0.400. The molecule has 0 atom stereocenters. The zero-order valence-electron chi connectivity index (χ0n) is 7.95. The Kier molecular flexibility index (Phi) is 1.37. The van der Waals surface area contributed by atoms with E-state index < -0.39 is 0 Å². The van der Waals surface area contributed by atoms with Crippen molar-refractivity contribution in [1.29, 1.82) is 0 Å². The molecule has 2 aliphatic rings. The molecule has 1 fully saturated rings. The Balaban J connectivity index is 1.70. The highest BCUT2D eigenvalue weighted by molar-refractivity contribution is 5.83. The average Bonchev–Trinajstić information content (AvgIpc) is 2.88. The zero-order chi connectivity index (χ0) is 9.60. The summed E-state index contributed by atoms with van der Waals surface area (Å²) in [6, 6.07) is 4.43. The van der Waals surface area contributed by atoms with Gasteiger partial charge in [0.05, 0.1) is 6.20 Å². The van der Waals surface area contributed by atoms with E-state index in [4.69, 9.17) is 4.74 Å². The van der Waals surface area contributed by atoms with Gasteiger partial charge in [-0.3, -0.25) is 4.98 Å². The maximum absolute atomic E-state index is 5.46. The lowest BCUT2D eigenvalue weighted by Crippen LogP contribution is -2.49. The van der Waals surface area contributed by atoms with Crippen LogP contribution in [0.3, 0.4) is 0 Å². The Hall–Kier alpha value is -1.58. The third-order valence-electron chi connectivity index (χ3n) is 2.48. The van der Waals surface area contributed by atoms with Crippen molar-refractivity contribution in [3.63, 3.8) is 0 Å². The highest BCUT2D eigenvalue weighted by Crippen LogP contribution is 2.41. The number of rotatable bonds is 1. The van der Waals surface area contributed by atoms with Crippen LogP contribution >= 0.6 is 0 Å². The molecular weight excluding hydrogens is 178 g/mol. The minimum atomic E-state index is 0.0630. The van der Waals surface area contributed by atoms with E-state index in [9.17, 15) is 0 Å². The lowest BCUT2D eigenvalue weighted by molar-refractivity contribution is 0.417. The van der Waals surface area contributed by atoms with Gasteiger partial charge in [-0.25, -0.2) is 4.99 Å². The Morgan fingerprint density at radius 2 is 2.21 bits per heavy atom. The number of ether oxygens (including phenoxy) is 1. The molecule has 1 saturated carbocycles. The molecule has 0 amide bonds. The summed E-state index contributed by atoms with van der Waals surface area (Å²) < 4.78 is 5.46. The summed E-state index contributed by atoms with van der Waals surface area (Å²) in [5, 5.41) is 3.19. The monoisotopic (exact) mass is 189 g/mol. The minimum absolute atomic E-state index is 0.0630. The molecular formula is C10H11N3O. The number of nitrogens with one attached hydrogen (secondary N) is 1. The highest BCUT2D eigenvalue weighted by atomic mass is 16.5. The normalized spacial score (nSPS) is 20.8. The van der Waals surface area contributed by atoms with Crippen LogP contribution in [0.2, 0.25) is 0 Å². The summed E-state index contributed by atoms with van der Waals surface area (Å²) in [7, 11) is 0. The lowest BCUT2D eigenvalue weighted by atomic mass is 10.4. The first kappa shape index (κ1) is 7.79. The maximum Gasteiger partial charge on any atom is 0.294 e. The Bertz CT molecular complexity index is 392. The van der Waals surface area contributed by atoms with Crippen molar-refractivity contribution in [3.05, 3.63) is 24.0 Å². The number of amidine groups is 1. The quantitative estimate of drug-likeness (QED) is 0.722. The van der Waals surface area contributed by atoms with E-state index in [-0.39, 0.29) is 5.66 Å². The fourth-order valence-electron chi connectivity index (χ4n) is 1.43. The van der Waals surface area contributed by atoms with Crippen LogP contribution in [0.15, 0.2) is 23.3 Å². The molecule has 0 radical (unpaired) electrons. The maximum atomic E-state index is 5.46.